The number of carbonyl (C=O) groups excluding carboxylic acids is 1. The molecular formula is C22H18BrClFNO. The number of aromatic nitrogens is 1. The molecule has 0 spiro atoms. The number of ketones is 1. The van der Waals surface area contributed by atoms with Gasteiger partial charge >= 0.3 is 0 Å². The van der Waals surface area contributed by atoms with E-state index in [4.69, 9.17) is 11.6 Å². The average Bonchev–Trinajstić information content (AvgIpc) is 2.96. The van der Waals surface area contributed by atoms with Crippen LogP contribution in [-0.4, -0.2) is 10.4 Å². The van der Waals surface area contributed by atoms with Crippen molar-refractivity contribution in [2.45, 2.75) is 26.7 Å². The molecule has 5 heteroatoms. The maximum Gasteiger partial charge on any atom is 0.165 e. The Labute approximate surface area is 171 Å². The third kappa shape index (κ3) is 3.37. The molecule has 0 radical (unpaired) electrons. The Hall–Kier alpha value is -1.91. The molecule has 27 heavy (non-hydrogen) atoms. The Bertz CT molecular complexity index is 1050. The van der Waals surface area contributed by atoms with Gasteiger partial charge < -0.3 is 4.57 Å². The van der Waals surface area contributed by atoms with Crippen molar-refractivity contribution in [1.29, 1.82) is 0 Å². The predicted molar refractivity (Wildman–Crippen MR) is 110 cm³/mol. The second-order valence-electron chi connectivity index (χ2n) is 7.77. The van der Waals surface area contributed by atoms with Crippen LogP contribution in [0.3, 0.4) is 0 Å². The van der Waals surface area contributed by atoms with Crippen LogP contribution in [0.15, 0.2) is 53.0 Å². The number of benzene rings is 2. The Morgan fingerprint density at radius 2 is 1.78 bits per heavy atom. The van der Waals surface area contributed by atoms with Crippen molar-refractivity contribution in [2.75, 3.05) is 0 Å². The van der Waals surface area contributed by atoms with Gasteiger partial charge in [-0.05, 0) is 53.8 Å². The molecule has 0 bridgehead atoms. The van der Waals surface area contributed by atoms with Crippen molar-refractivity contribution in [3.63, 3.8) is 0 Å². The minimum absolute atomic E-state index is 0.0677. The van der Waals surface area contributed by atoms with Gasteiger partial charge in [-0.25, -0.2) is 4.39 Å². The maximum atomic E-state index is 13.7. The van der Waals surface area contributed by atoms with E-state index in [1.54, 1.807) is 12.1 Å². The number of fused-ring (bicyclic) bond motifs is 1. The molecule has 0 aliphatic heterocycles. The van der Waals surface area contributed by atoms with Crippen molar-refractivity contribution in [2.24, 2.45) is 5.41 Å². The van der Waals surface area contributed by atoms with E-state index in [2.05, 4.69) is 29.8 Å². The van der Waals surface area contributed by atoms with E-state index in [-0.39, 0.29) is 16.2 Å². The summed E-state index contributed by atoms with van der Waals surface area (Å²) in [5, 5.41) is 0.0677. The summed E-state index contributed by atoms with van der Waals surface area (Å²) >= 11 is 9.52. The van der Waals surface area contributed by atoms with Crippen LogP contribution in [-0.2, 0) is 6.42 Å². The lowest BCUT2D eigenvalue weighted by molar-refractivity contribution is 0.0911. The molecular weight excluding hydrogens is 429 g/mol. The number of halogens is 3. The van der Waals surface area contributed by atoms with E-state index < -0.39 is 5.82 Å². The van der Waals surface area contributed by atoms with Gasteiger partial charge in [0.1, 0.15) is 5.82 Å². The smallest absolute Gasteiger partial charge is 0.165 e. The number of hydrogen-bond donors (Lipinski definition) is 0. The molecule has 138 valence electrons. The Morgan fingerprint density at radius 3 is 2.44 bits per heavy atom. The van der Waals surface area contributed by atoms with Crippen LogP contribution in [0.2, 0.25) is 5.02 Å². The number of Topliss-reactive ketones (excluding diaryl/α,β-unsaturated/α-hetero) is 1. The van der Waals surface area contributed by atoms with Crippen molar-refractivity contribution in [1.82, 2.24) is 4.57 Å². The molecule has 2 nitrogen and oxygen atoms in total. The lowest BCUT2D eigenvalue weighted by Crippen LogP contribution is -2.27. The summed E-state index contributed by atoms with van der Waals surface area (Å²) in [4.78, 5) is 12.8. The highest BCUT2D eigenvalue weighted by Crippen LogP contribution is 2.40. The zero-order valence-electron chi connectivity index (χ0n) is 15.0. The van der Waals surface area contributed by atoms with Crippen LogP contribution in [0.1, 0.15) is 36.3 Å². The van der Waals surface area contributed by atoms with Gasteiger partial charge in [0.2, 0.25) is 0 Å². The van der Waals surface area contributed by atoms with Gasteiger partial charge in [0, 0.05) is 27.8 Å². The third-order valence-corrected chi connectivity index (χ3v) is 5.81. The second kappa shape index (κ2) is 6.61. The fourth-order valence-corrected chi connectivity index (χ4v) is 4.20. The summed E-state index contributed by atoms with van der Waals surface area (Å²) < 4.78 is 16.8. The standard InChI is InChI=1S/C22H18BrClFNO/c1-22(2)11-20-16(21(27)12-22)10-19(13-3-5-14(23)6-4-13)26(20)15-7-8-18(25)17(24)9-15/h3-10H,11-12H2,1-2H3. The lowest BCUT2D eigenvalue weighted by atomic mass is 9.76. The normalized spacial score (nSPS) is 15.7. The van der Waals surface area contributed by atoms with Crippen molar-refractivity contribution >= 4 is 33.3 Å². The summed E-state index contributed by atoms with van der Waals surface area (Å²) in [6.07, 6.45) is 1.29. The molecule has 1 aliphatic rings. The highest BCUT2D eigenvalue weighted by molar-refractivity contribution is 9.10. The molecule has 0 amide bonds. The fourth-order valence-electron chi connectivity index (χ4n) is 3.76. The van der Waals surface area contributed by atoms with E-state index >= 15 is 0 Å². The van der Waals surface area contributed by atoms with Crippen LogP contribution in [0.4, 0.5) is 4.39 Å². The number of nitrogens with zero attached hydrogens (tertiary/aromatic N) is 1. The van der Waals surface area contributed by atoms with Gasteiger partial charge in [-0.3, -0.25) is 4.79 Å². The fraction of sp³-hybridized carbons (Fsp3) is 0.227. The maximum absolute atomic E-state index is 13.7. The van der Waals surface area contributed by atoms with Crippen LogP contribution < -0.4 is 0 Å². The van der Waals surface area contributed by atoms with E-state index in [1.807, 2.05) is 34.9 Å². The Morgan fingerprint density at radius 1 is 1.07 bits per heavy atom. The van der Waals surface area contributed by atoms with Gasteiger partial charge in [-0.1, -0.05) is 53.5 Å². The van der Waals surface area contributed by atoms with E-state index in [1.165, 1.54) is 6.07 Å². The quantitative estimate of drug-likeness (QED) is 0.422. The number of rotatable bonds is 2. The van der Waals surface area contributed by atoms with Crippen LogP contribution >= 0.6 is 27.5 Å². The molecule has 1 aromatic heterocycles. The highest BCUT2D eigenvalue weighted by Gasteiger charge is 2.35. The number of hydrogen-bond acceptors (Lipinski definition) is 1. The second-order valence-corrected chi connectivity index (χ2v) is 9.09. The molecule has 0 fully saturated rings. The summed E-state index contributed by atoms with van der Waals surface area (Å²) in [5.74, 6) is -0.311. The van der Waals surface area contributed by atoms with Gasteiger partial charge in [0.25, 0.3) is 0 Å². The molecule has 2 aromatic carbocycles. The Balaban J connectivity index is 2.00. The third-order valence-electron chi connectivity index (χ3n) is 4.99. The van der Waals surface area contributed by atoms with Crippen LogP contribution in [0, 0.1) is 11.2 Å². The topological polar surface area (TPSA) is 22.0 Å². The van der Waals surface area contributed by atoms with Gasteiger partial charge in [0.05, 0.1) is 10.7 Å². The largest absolute Gasteiger partial charge is 0.313 e. The lowest BCUT2D eigenvalue weighted by Gasteiger charge is -2.30. The molecule has 1 aliphatic carbocycles. The zero-order chi connectivity index (χ0) is 19.3. The van der Waals surface area contributed by atoms with Crippen molar-refractivity contribution in [3.05, 3.63) is 75.1 Å². The first-order chi connectivity index (χ1) is 12.7. The van der Waals surface area contributed by atoms with Crippen LogP contribution in [0.5, 0.6) is 0 Å². The molecule has 0 saturated carbocycles. The molecule has 4 rings (SSSR count). The van der Waals surface area contributed by atoms with Crippen molar-refractivity contribution < 1.29 is 9.18 Å². The minimum atomic E-state index is -0.456. The van der Waals surface area contributed by atoms with Crippen LogP contribution in [0.25, 0.3) is 16.9 Å². The monoisotopic (exact) mass is 445 g/mol. The van der Waals surface area contributed by atoms with Gasteiger partial charge in [0.15, 0.2) is 5.78 Å². The first kappa shape index (κ1) is 18.5. The van der Waals surface area contributed by atoms with Gasteiger partial charge in [-0.2, -0.15) is 0 Å². The summed E-state index contributed by atoms with van der Waals surface area (Å²) in [6.45, 7) is 4.20. The summed E-state index contributed by atoms with van der Waals surface area (Å²) in [5.41, 5.74) is 4.22. The summed E-state index contributed by atoms with van der Waals surface area (Å²) in [7, 11) is 0. The minimum Gasteiger partial charge on any atom is -0.313 e. The average molecular weight is 447 g/mol. The zero-order valence-corrected chi connectivity index (χ0v) is 17.4. The molecule has 0 N–H and O–H groups in total. The molecule has 0 unspecified atom stereocenters. The number of carbonyl (C=O) groups is 1. The summed E-state index contributed by atoms with van der Waals surface area (Å²) in [6, 6.07) is 14.6. The molecule has 0 saturated heterocycles. The molecule has 3 aromatic rings. The Kier molecular flexibility index (Phi) is 4.52. The van der Waals surface area contributed by atoms with Crippen molar-refractivity contribution in [3.8, 4) is 16.9 Å². The van der Waals surface area contributed by atoms with E-state index in [0.29, 0.717) is 6.42 Å². The first-order valence-corrected chi connectivity index (χ1v) is 9.91. The van der Waals surface area contributed by atoms with E-state index in [9.17, 15) is 9.18 Å². The first-order valence-electron chi connectivity index (χ1n) is 8.74. The predicted octanol–water partition coefficient (Wildman–Crippen LogP) is 6.85. The molecule has 0 atom stereocenters. The highest BCUT2D eigenvalue weighted by atomic mass is 79.9. The molecule has 1 heterocycles. The SMILES string of the molecule is CC1(C)CC(=O)c2cc(-c3ccc(Br)cc3)n(-c3ccc(F)c(Cl)c3)c2C1. The van der Waals surface area contributed by atoms with E-state index in [0.717, 1.165) is 39.1 Å². The van der Waals surface area contributed by atoms with Gasteiger partial charge in [-0.15, -0.1) is 0 Å².